The Labute approximate surface area is 173 Å². The lowest BCUT2D eigenvalue weighted by atomic mass is 9.81. The molecule has 1 saturated carbocycles. The maximum Gasteiger partial charge on any atom is 0.234 e. The number of para-hydroxylation sites is 1. The van der Waals surface area contributed by atoms with Crippen LogP contribution in [0.25, 0.3) is 5.69 Å². The molecule has 1 aromatic carbocycles. The second-order valence-electron chi connectivity index (χ2n) is 6.78. The van der Waals surface area contributed by atoms with Gasteiger partial charge in [-0.25, -0.2) is 4.68 Å². The fourth-order valence-corrected chi connectivity index (χ4v) is 5.65. The lowest BCUT2D eigenvalue weighted by molar-refractivity contribution is -0.131. The summed E-state index contributed by atoms with van der Waals surface area (Å²) < 4.78 is 3.18. The summed E-state index contributed by atoms with van der Waals surface area (Å²) in [4.78, 5) is 14.3. The van der Waals surface area contributed by atoms with Gasteiger partial charge < -0.3 is 4.90 Å². The summed E-state index contributed by atoms with van der Waals surface area (Å²) in [5.41, 5.74) is 1.41. The van der Waals surface area contributed by atoms with E-state index in [-0.39, 0.29) is 11.7 Å². The van der Waals surface area contributed by atoms with E-state index < -0.39 is 5.54 Å². The van der Waals surface area contributed by atoms with Crippen molar-refractivity contribution in [3.05, 3.63) is 33.8 Å². The van der Waals surface area contributed by atoms with Crippen LogP contribution in [0.4, 0.5) is 0 Å². The molecule has 0 bridgehead atoms. The van der Waals surface area contributed by atoms with E-state index in [0.717, 1.165) is 47.7 Å². The smallest absolute Gasteiger partial charge is 0.234 e. The Morgan fingerprint density at radius 3 is 2.78 bits per heavy atom. The van der Waals surface area contributed by atoms with E-state index >= 15 is 0 Å². The van der Waals surface area contributed by atoms with Crippen LogP contribution in [0, 0.1) is 22.2 Å². The van der Waals surface area contributed by atoms with Crippen molar-refractivity contribution in [2.45, 2.75) is 48.9 Å². The summed E-state index contributed by atoms with van der Waals surface area (Å²) in [6.45, 7) is 2.02. The molecule has 0 aliphatic heterocycles. The largest absolute Gasteiger partial charge is 0.326 e. The average molecular weight is 419 g/mol. The minimum absolute atomic E-state index is 0.0352. The number of amides is 1. The minimum atomic E-state index is -0.650. The number of rotatable bonds is 5. The molecule has 1 aliphatic rings. The summed E-state index contributed by atoms with van der Waals surface area (Å²) >= 11 is 8.24. The highest BCUT2D eigenvalue weighted by Gasteiger charge is 2.38. The van der Waals surface area contributed by atoms with Gasteiger partial charge in [-0.1, -0.05) is 60.6 Å². The molecule has 1 aliphatic carbocycles. The predicted octanol–water partition coefficient (Wildman–Crippen LogP) is 4.75. The van der Waals surface area contributed by atoms with Gasteiger partial charge in [0, 0.05) is 7.05 Å². The van der Waals surface area contributed by atoms with Gasteiger partial charge in [0.05, 0.1) is 17.5 Å². The zero-order valence-corrected chi connectivity index (χ0v) is 17.9. The standard InChI is InChI=1S/C19H22N4OS3/c1-14-8-4-5-9-15(14)23-18(25)27-17(21-23)26-12-16(24)22(2)19(13-20)10-6-3-7-11-19/h4-5,8-9H,3,6-7,10-12H2,1-2H3. The molecule has 1 fully saturated rings. The topological polar surface area (TPSA) is 61.9 Å². The number of thioether (sulfide) groups is 1. The lowest BCUT2D eigenvalue weighted by Gasteiger charge is -2.38. The van der Waals surface area contributed by atoms with Gasteiger partial charge >= 0.3 is 0 Å². The highest BCUT2D eigenvalue weighted by atomic mass is 32.2. The molecule has 8 heteroatoms. The molecule has 1 amide bonds. The quantitative estimate of drug-likeness (QED) is 0.518. The number of hydrogen-bond acceptors (Lipinski definition) is 6. The van der Waals surface area contributed by atoms with Crippen molar-refractivity contribution < 1.29 is 4.79 Å². The van der Waals surface area contributed by atoms with Crippen molar-refractivity contribution in [3.63, 3.8) is 0 Å². The van der Waals surface area contributed by atoms with Crippen molar-refractivity contribution >= 4 is 41.2 Å². The fraction of sp³-hybridized carbons (Fsp3) is 0.474. The highest BCUT2D eigenvalue weighted by molar-refractivity contribution is 8.01. The first kappa shape index (κ1) is 20.1. The second kappa shape index (κ2) is 8.55. The van der Waals surface area contributed by atoms with Crippen molar-refractivity contribution in [1.82, 2.24) is 14.7 Å². The van der Waals surface area contributed by atoms with E-state index in [4.69, 9.17) is 12.2 Å². The molecule has 0 N–H and O–H groups in total. The Morgan fingerprint density at radius 2 is 2.11 bits per heavy atom. The van der Waals surface area contributed by atoms with E-state index in [1.54, 1.807) is 16.6 Å². The molecule has 1 heterocycles. The Bertz CT molecular complexity index is 922. The Morgan fingerprint density at radius 1 is 1.41 bits per heavy atom. The van der Waals surface area contributed by atoms with Gasteiger partial charge in [-0.15, -0.1) is 5.10 Å². The molecule has 5 nitrogen and oxygen atoms in total. The Balaban J connectivity index is 1.69. The molecule has 0 atom stereocenters. The van der Waals surface area contributed by atoms with Crippen LogP contribution in [0.2, 0.25) is 0 Å². The molecular weight excluding hydrogens is 396 g/mol. The molecule has 0 unspecified atom stereocenters. The van der Waals surface area contributed by atoms with E-state index in [1.807, 2.05) is 31.2 Å². The van der Waals surface area contributed by atoms with Gasteiger partial charge in [-0.05, 0) is 43.6 Å². The van der Waals surface area contributed by atoms with Gasteiger partial charge in [0.25, 0.3) is 0 Å². The van der Waals surface area contributed by atoms with Crippen LogP contribution in [-0.4, -0.2) is 38.9 Å². The van der Waals surface area contributed by atoms with Crippen LogP contribution in [0.5, 0.6) is 0 Å². The molecule has 1 aromatic heterocycles. The summed E-state index contributed by atoms with van der Waals surface area (Å²) in [6.07, 6.45) is 4.66. The van der Waals surface area contributed by atoms with E-state index in [0.29, 0.717) is 3.95 Å². The van der Waals surface area contributed by atoms with Gasteiger partial charge in [0.1, 0.15) is 5.54 Å². The number of carbonyl (C=O) groups is 1. The van der Waals surface area contributed by atoms with Crippen molar-refractivity contribution in [3.8, 4) is 11.8 Å². The first-order valence-electron chi connectivity index (χ1n) is 8.94. The third-order valence-corrected chi connectivity index (χ3v) is 7.45. The first-order valence-corrected chi connectivity index (χ1v) is 11.1. The van der Waals surface area contributed by atoms with Crippen molar-refractivity contribution in [2.24, 2.45) is 0 Å². The highest BCUT2D eigenvalue weighted by Crippen LogP contribution is 2.33. The number of nitrogens with zero attached hydrogens (tertiary/aromatic N) is 4. The Hall–Kier alpha value is -1.69. The van der Waals surface area contributed by atoms with Gasteiger partial charge in [-0.2, -0.15) is 5.26 Å². The summed E-state index contributed by atoms with van der Waals surface area (Å²) in [5, 5.41) is 14.2. The van der Waals surface area contributed by atoms with Crippen molar-refractivity contribution in [1.29, 1.82) is 5.26 Å². The summed E-state index contributed by atoms with van der Waals surface area (Å²) in [5.74, 6) is 0.225. The monoisotopic (exact) mass is 418 g/mol. The van der Waals surface area contributed by atoms with Crippen LogP contribution in [0.15, 0.2) is 28.6 Å². The number of carbonyl (C=O) groups excluding carboxylic acids is 1. The summed E-state index contributed by atoms with van der Waals surface area (Å²) in [6, 6.07) is 10.3. The zero-order chi connectivity index (χ0) is 19.4. The molecule has 0 spiro atoms. The summed E-state index contributed by atoms with van der Waals surface area (Å²) in [7, 11) is 1.76. The second-order valence-corrected chi connectivity index (χ2v) is 9.62. The molecule has 2 aromatic rings. The maximum atomic E-state index is 12.7. The maximum absolute atomic E-state index is 12.7. The number of benzene rings is 1. The third-order valence-electron chi connectivity index (χ3n) is 5.10. The van der Waals surface area contributed by atoms with E-state index in [9.17, 15) is 10.1 Å². The van der Waals surface area contributed by atoms with Gasteiger partial charge in [-0.3, -0.25) is 4.79 Å². The Kier molecular flexibility index (Phi) is 6.35. The molecule has 142 valence electrons. The predicted molar refractivity (Wildman–Crippen MR) is 112 cm³/mol. The first-order chi connectivity index (χ1) is 13.0. The van der Waals surface area contributed by atoms with Crippen LogP contribution in [0.3, 0.4) is 0 Å². The SMILES string of the molecule is Cc1ccccc1-n1nc(SCC(=O)N(C)C2(C#N)CCCCC2)sc1=S. The molecular formula is C19H22N4OS3. The van der Waals surface area contributed by atoms with E-state index in [1.165, 1.54) is 23.1 Å². The number of aryl methyl sites for hydroxylation is 1. The lowest BCUT2D eigenvalue weighted by Crippen LogP contribution is -2.50. The van der Waals surface area contributed by atoms with Crippen molar-refractivity contribution in [2.75, 3.05) is 12.8 Å². The normalized spacial score (nSPS) is 15.9. The average Bonchev–Trinajstić information content (AvgIpc) is 3.06. The molecule has 0 saturated heterocycles. The zero-order valence-electron chi connectivity index (χ0n) is 15.5. The fourth-order valence-electron chi connectivity index (χ4n) is 3.39. The number of nitriles is 1. The molecule has 3 rings (SSSR count). The molecule has 0 radical (unpaired) electrons. The van der Waals surface area contributed by atoms with Crippen LogP contribution in [-0.2, 0) is 4.79 Å². The van der Waals surface area contributed by atoms with Gasteiger partial charge in [0.2, 0.25) is 5.91 Å². The third kappa shape index (κ3) is 4.26. The van der Waals surface area contributed by atoms with Crippen LogP contribution >= 0.6 is 35.3 Å². The van der Waals surface area contributed by atoms with Gasteiger partial charge in [0.15, 0.2) is 8.29 Å². The number of aromatic nitrogens is 2. The van der Waals surface area contributed by atoms with Crippen LogP contribution in [0.1, 0.15) is 37.7 Å². The number of hydrogen-bond donors (Lipinski definition) is 0. The molecule has 27 heavy (non-hydrogen) atoms. The van der Waals surface area contributed by atoms with E-state index in [2.05, 4.69) is 11.2 Å². The van der Waals surface area contributed by atoms with Crippen LogP contribution < -0.4 is 0 Å². The minimum Gasteiger partial charge on any atom is -0.326 e.